The van der Waals surface area contributed by atoms with Gasteiger partial charge in [-0.1, -0.05) is 13.3 Å². The van der Waals surface area contributed by atoms with Crippen LogP contribution < -0.4 is 0 Å². The number of hydrogen-bond acceptors (Lipinski definition) is 3. The van der Waals surface area contributed by atoms with E-state index in [9.17, 15) is 0 Å². The summed E-state index contributed by atoms with van der Waals surface area (Å²) in [5.41, 5.74) is 0. The Morgan fingerprint density at radius 1 is 1.25 bits per heavy atom. The lowest BCUT2D eigenvalue weighted by Crippen LogP contribution is -1.89. The number of unbranched alkanes of at least 4 members (excludes halogenated alkanes) is 1. The minimum absolute atomic E-state index is 0.725. The molecule has 1 rings (SSSR count). The SMILES string of the molecule is CCCCOP1OC(C)=C(C)O1. The Bertz CT molecular complexity index is 165. The van der Waals surface area contributed by atoms with Crippen LogP contribution in [-0.4, -0.2) is 6.61 Å². The van der Waals surface area contributed by atoms with Crippen molar-refractivity contribution in [3.05, 3.63) is 11.5 Å². The van der Waals surface area contributed by atoms with Crippen LogP contribution in [0.3, 0.4) is 0 Å². The first-order valence-electron chi connectivity index (χ1n) is 4.20. The number of rotatable bonds is 4. The summed E-state index contributed by atoms with van der Waals surface area (Å²) in [5, 5.41) is 0. The monoisotopic (exact) mass is 190 g/mol. The van der Waals surface area contributed by atoms with Gasteiger partial charge in [0.15, 0.2) is 0 Å². The predicted octanol–water partition coefficient (Wildman–Crippen LogP) is 3.33. The van der Waals surface area contributed by atoms with Crippen LogP contribution in [0.4, 0.5) is 0 Å². The highest BCUT2D eigenvalue weighted by molar-refractivity contribution is 7.42. The fraction of sp³-hybridized carbons (Fsp3) is 0.750. The molecule has 1 aliphatic rings. The molecule has 0 aromatic heterocycles. The van der Waals surface area contributed by atoms with Gasteiger partial charge in [0.25, 0.3) is 0 Å². The molecule has 0 bridgehead atoms. The highest BCUT2D eigenvalue weighted by Gasteiger charge is 2.24. The average molecular weight is 190 g/mol. The molecule has 1 aliphatic heterocycles. The van der Waals surface area contributed by atoms with E-state index in [1.165, 1.54) is 0 Å². The van der Waals surface area contributed by atoms with Crippen molar-refractivity contribution in [2.75, 3.05) is 6.61 Å². The van der Waals surface area contributed by atoms with Crippen molar-refractivity contribution in [2.45, 2.75) is 33.6 Å². The van der Waals surface area contributed by atoms with E-state index in [-0.39, 0.29) is 0 Å². The third kappa shape index (κ3) is 2.65. The second-order valence-corrected chi connectivity index (χ2v) is 3.78. The first kappa shape index (κ1) is 9.82. The van der Waals surface area contributed by atoms with Crippen molar-refractivity contribution < 1.29 is 13.6 Å². The lowest BCUT2D eigenvalue weighted by atomic mass is 10.4. The summed E-state index contributed by atoms with van der Waals surface area (Å²) in [4.78, 5) is 0. The zero-order chi connectivity index (χ0) is 8.97. The van der Waals surface area contributed by atoms with Crippen molar-refractivity contribution in [2.24, 2.45) is 0 Å². The van der Waals surface area contributed by atoms with Crippen molar-refractivity contribution in [3.8, 4) is 0 Å². The second kappa shape index (κ2) is 4.68. The molecular weight excluding hydrogens is 175 g/mol. The molecule has 0 radical (unpaired) electrons. The summed E-state index contributed by atoms with van der Waals surface area (Å²) >= 11 is 0. The normalized spacial score (nSPS) is 17.9. The molecule has 3 nitrogen and oxygen atoms in total. The lowest BCUT2D eigenvalue weighted by molar-refractivity contribution is 0.244. The van der Waals surface area contributed by atoms with Gasteiger partial charge in [0.1, 0.15) is 11.5 Å². The Balaban J connectivity index is 2.15. The Labute approximate surface area is 74.7 Å². The standard InChI is InChI=1S/C8H15O3P/c1-4-5-6-9-12-10-7(2)8(3)11-12/h4-6H2,1-3H3. The van der Waals surface area contributed by atoms with Gasteiger partial charge in [-0.05, 0) is 20.3 Å². The van der Waals surface area contributed by atoms with Gasteiger partial charge in [0, 0.05) is 0 Å². The fourth-order valence-electron chi connectivity index (χ4n) is 0.707. The molecule has 0 aromatic rings. The van der Waals surface area contributed by atoms with Gasteiger partial charge < -0.3 is 9.05 Å². The number of hydrogen-bond donors (Lipinski definition) is 0. The summed E-state index contributed by atoms with van der Waals surface area (Å²) in [6.07, 6.45) is 2.19. The summed E-state index contributed by atoms with van der Waals surface area (Å²) in [6, 6.07) is 0. The summed E-state index contributed by atoms with van der Waals surface area (Å²) in [5.74, 6) is 1.69. The third-order valence-corrected chi connectivity index (χ3v) is 2.85. The molecule has 0 fully saturated rings. The quantitative estimate of drug-likeness (QED) is 0.502. The van der Waals surface area contributed by atoms with Crippen LogP contribution in [0, 0.1) is 0 Å². The van der Waals surface area contributed by atoms with Gasteiger partial charge in [-0.25, -0.2) is 0 Å². The van der Waals surface area contributed by atoms with Crippen molar-refractivity contribution in [3.63, 3.8) is 0 Å². The van der Waals surface area contributed by atoms with Gasteiger partial charge in [0.05, 0.1) is 6.61 Å². The molecule has 0 atom stereocenters. The molecule has 0 saturated carbocycles. The highest BCUT2D eigenvalue weighted by atomic mass is 31.2. The Kier molecular flexibility index (Phi) is 3.83. The maximum Gasteiger partial charge on any atom is 0.462 e. The molecule has 0 aliphatic carbocycles. The van der Waals surface area contributed by atoms with Crippen molar-refractivity contribution >= 4 is 8.60 Å². The summed E-state index contributed by atoms with van der Waals surface area (Å²) < 4.78 is 16.0. The minimum Gasteiger partial charge on any atom is -0.419 e. The highest BCUT2D eigenvalue weighted by Crippen LogP contribution is 2.50. The molecule has 0 N–H and O–H groups in total. The van der Waals surface area contributed by atoms with E-state index in [1.807, 2.05) is 13.8 Å². The second-order valence-electron chi connectivity index (χ2n) is 2.71. The zero-order valence-corrected chi connectivity index (χ0v) is 8.69. The summed E-state index contributed by atoms with van der Waals surface area (Å²) in [6.45, 7) is 6.63. The third-order valence-electron chi connectivity index (χ3n) is 1.61. The zero-order valence-electron chi connectivity index (χ0n) is 7.79. The Morgan fingerprint density at radius 2 is 1.83 bits per heavy atom. The van der Waals surface area contributed by atoms with Crippen LogP contribution in [-0.2, 0) is 13.6 Å². The maximum absolute atomic E-state index is 5.36. The molecule has 0 unspecified atom stereocenters. The van der Waals surface area contributed by atoms with Crippen LogP contribution >= 0.6 is 8.60 Å². The van der Waals surface area contributed by atoms with Gasteiger partial charge in [-0.15, -0.1) is 0 Å². The van der Waals surface area contributed by atoms with Gasteiger partial charge >= 0.3 is 8.60 Å². The van der Waals surface area contributed by atoms with E-state index in [0.717, 1.165) is 31.0 Å². The molecule has 4 heteroatoms. The molecule has 0 aromatic carbocycles. The molecular formula is C8H15O3P. The van der Waals surface area contributed by atoms with Crippen LogP contribution in [0.25, 0.3) is 0 Å². The topological polar surface area (TPSA) is 27.7 Å². The molecule has 70 valence electrons. The van der Waals surface area contributed by atoms with E-state index in [2.05, 4.69) is 6.92 Å². The maximum atomic E-state index is 5.36. The molecule has 0 amide bonds. The first-order chi connectivity index (χ1) is 5.74. The van der Waals surface area contributed by atoms with Crippen LogP contribution in [0.15, 0.2) is 11.5 Å². The van der Waals surface area contributed by atoms with Crippen LogP contribution in [0.1, 0.15) is 33.6 Å². The van der Waals surface area contributed by atoms with Crippen LogP contribution in [0.5, 0.6) is 0 Å². The van der Waals surface area contributed by atoms with E-state index in [1.54, 1.807) is 0 Å². The molecule has 0 saturated heterocycles. The first-order valence-corrected chi connectivity index (χ1v) is 5.30. The predicted molar refractivity (Wildman–Crippen MR) is 48.3 cm³/mol. The average Bonchev–Trinajstić information content (AvgIpc) is 2.32. The van der Waals surface area contributed by atoms with Crippen molar-refractivity contribution in [1.82, 2.24) is 0 Å². The summed E-state index contributed by atoms with van der Waals surface area (Å²) in [7, 11) is -1.11. The smallest absolute Gasteiger partial charge is 0.419 e. The van der Waals surface area contributed by atoms with E-state index in [4.69, 9.17) is 13.6 Å². The fourth-order valence-corrected chi connectivity index (χ4v) is 1.83. The van der Waals surface area contributed by atoms with E-state index >= 15 is 0 Å². The van der Waals surface area contributed by atoms with Crippen molar-refractivity contribution in [1.29, 1.82) is 0 Å². The number of allylic oxidation sites excluding steroid dienone is 2. The van der Waals surface area contributed by atoms with Gasteiger partial charge in [0.2, 0.25) is 0 Å². The van der Waals surface area contributed by atoms with E-state index < -0.39 is 8.60 Å². The molecule has 0 spiro atoms. The van der Waals surface area contributed by atoms with E-state index in [0.29, 0.717) is 0 Å². The van der Waals surface area contributed by atoms with Crippen LogP contribution in [0.2, 0.25) is 0 Å². The Hall–Kier alpha value is -0.270. The molecule has 12 heavy (non-hydrogen) atoms. The lowest BCUT2D eigenvalue weighted by Gasteiger charge is -2.07. The largest absolute Gasteiger partial charge is 0.462 e. The minimum atomic E-state index is -1.11. The van der Waals surface area contributed by atoms with Gasteiger partial charge in [-0.3, -0.25) is 4.52 Å². The Morgan fingerprint density at radius 3 is 2.33 bits per heavy atom. The van der Waals surface area contributed by atoms with Gasteiger partial charge in [-0.2, -0.15) is 0 Å². The molecule has 1 heterocycles.